The number of anilines is 1. The van der Waals surface area contributed by atoms with Gasteiger partial charge in [-0.1, -0.05) is 0 Å². The van der Waals surface area contributed by atoms with Gasteiger partial charge in [-0.15, -0.1) is 0 Å². The van der Waals surface area contributed by atoms with Gasteiger partial charge in [0.1, 0.15) is 12.1 Å². The van der Waals surface area contributed by atoms with E-state index in [-0.39, 0.29) is 0 Å². The molecule has 2 aromatic rings. The topological polar surface area (TPSA) is 66.6 Å². The van der Waals surface area contributed by atoms with E-state index in [4.69, 9.17) is 5.11 Å². The van der Waals surface area contributed by atoms with Gasteiger partial charge in [0.2, 0.25) is 0 Å². The predicted octanol–water partition coefficient (Wildman–Crippen LogP) is 2.50. The average Bonchev–Trinajstić information content (AvgIpc) is 2.43. The van der Waals surface area contributed by atoms with E-state index < -0.39 is 6.09 Å². The monoisotopic (exact) mass is 269 g/mol. The summed E-state index contributed by atoms with van der Waals surface area (Å²) in [5.74, 6) is 0.323. The van der Waals surface area contributed by atoms with Crippen LogP contribution >= 0.6 is 15.9 Å². The Hall–Kier alpha value is -1.56. The fourth-order valence-corrected chi connectivity index (χ4v) is 1.78. The van der Waals surface area contributed by atoms with E-state index in [1.807, 2.05) is 17.5 Å². The number of nitrogens with zero attached hydrogens (tertiary/aromatic N) is 2. The third kappa shape index (κ3) is 1.80. The van der Waals surface area contributed by atoms with Crippen LogP contribution in [0.2, 0.25) is 0 Å². The number of aromatic nitrogens is 2. The number of carboxylic acid groups (broad SMARTS) is 1. The Labute approximate surface area is 93.9 Å². The van der Waals surface area contributed by atoms with Crippen molar-refractivity contribution in [2.45, 2.75) is 6.92 Å². The predicted molar refractivity (Wildman–Crippen MR) is 59.3 cm³/mol. The Balaban J connectivity index is 2.54. The molecule has 0 saturated heterocycles. The minimum Gasteiger partial charge on any atom is -0.465 e. The molecule has 0 fully saturated rings. The third-order valence-electron chi connectivity index (χ3n) is 2.10. The van der Waals surface area contributed by atoms with E-state index in [2.05, 4.69) is 26.2 Å². The van der Waals surface area contributed by atoms with Gasteiger partial charge in [-0.05, 0) is 28.4 Å². The van der Waals surface area contributed by atoms with Gasteiger partial charge in [0, 0.05) is 16.7 Å². The van der Waals surface area contributed by atoms with Crippen LogP contribution in [0, 0.1) is 6.92 Å². The van der Waals surface area contributed by atoms with E-state index in [0.29, 0.717) is 5.82 Å². The highest BCUT2D eigenvalue weighted by Crippen LogP contribution is 2.23. The maximum atomic E-state index is 10.4. The molecule has 0 bridgehead atoms. The van der Waals surface area contributed by atoms with Gasteiger partial charge >= 0.3 is 6.09 Å². The van der Waals surface area contributed by atoms with Crippen LogP contribution in [-0.2, 0) is 0 Å². The summed E-state index contributed by atoms with van der Waals surface area (Å²) in [5, 5.41) is 10.8. The number of fused-ring (bicyclic) bond motifs is 1. The minimum atomic E-state index is -1.12. The summed E-state index contributed by atoms with van der Waals surface area (Å²) >= 11 is 3.40. The first-order valence-electron chi connectivity index (χ1n) is 4.20. The van der Waals surface area contributed by atoms with Crippen molar-refractivity contribution in [3.8, 4) is 0 Å². The van der Waals surface area contributed by atoms with Crippen LogP contribution in [0.3, 0.4) is 0 Å². The van der Waals surface area contributed by atoms with Crippen LogP contribution in [-0.4, -0.2) is 20.6 Å². The first-order chi connectivity index (χ1) is 7.08. The van der Waals surface area contributed by atoms with E-state index >= 15 is 0 Å². The lowest BCUT2D eigenvalue weighted by molar-refractivity contribution is 0.209. The molecule has 0 unspecified atom stereocenters. The van der Waals surface area contributed by atoms with E-state index in [1.165, 1.54) is 0 Å². The second kappa shape index (κ2) is 3.54. The summed E-state index contributed by atoms with van der Waals surface area (Å²) in [5.41, 5.74) is 1.96. The standard InChI is InChI=1S/C9H8BrN3O2/c1-5-6(10)3-13-4-11-8(2-7(5)13)12-9(14)15/h2-4,12H,1H3,(H,14,15). The van der Waals surface area contributed by atoms with Crippen LogP contribution in [0.15, 0.2) is 23.1 Å². The van der Waals surface area contributed by atoms with Crippen molar-refractivity contribution in [1.82, 2.24) is 9.38 Å². The highest BCUT2D eigenvalue weighted by atomic mass is 79.9. The van der Waals surface area contributed by atoms with Crippen molar-refractivity contribution < 1.29 is 9.90 Å². The molecule has 0 aliphatic rings. The summed E-state index contributed by atoms with van der Waals surface area (Å²) in [7, 11) is 0. The van der Waals surface area contributed by atoms with Gasteiger partial charge in [0.25, 0.3) is 0 Å². The fourth-order valence-electron chi connectivity index (χ4n) is 1.35. The molecule has 0 spiro atoms. The van der Waals surface area contributed by atoms with Gasteiger partial charge in [-0.3, -0.25) is 5.32 Å². The number of aryl methyl sites for hydroxylation is 1. The molecular weight excluding hydrogens is 262 g/mol. The summed E-state index contributed by atoms with van der Waals surface area (Å²) in [6.07, 6.45) is 2.33. The average molecular weight is 270 g/mol. The number of carbonyl (C=O) groups is 1. The maximum Gasteiger partial charge on any atom is 0.410 e. The third-order valence-corrected chi connectivity index (χ3v) is 2.90. The van der Waals surface area contributed by atoms with Crippen molar-refractivity contribution in [2.24, 2.45) is 0 Å². The highest BCUT2D eigenvalue weighted by molar-refractivity contribution is 9.10. The van der Waals surface area contributed by atoms with Crippen molar-refractivity contribution >= 4 is 33.4 Å². The largest absolute Gasteiger partial charge is 0.465 e. The summed E-state index contributed by atoms with van der Waals surface area (Å²) in [6, 6.07) is 1.69. The van der Waals surface area contributed by atoms with Crippen LogP contribution in [0.25, 0.3) is 5.52 Å². The molecule has 78 valence electrons. The Bertz CT molecular complexity index is 535. The Morgan fingerprint density at radius 3 is 3.07 bits per heavy atom. The van der Waals surface area contributed by atoms with E-state index in [1.54, 1.807) is 12.4 Å². The molecule has 5 nitrogen and oxygen atoms in total. The van der Waals surface area contributed by atoms with Gasteiger partial charge in [-0.2, -0.15) is 0 Å². The first-order valence-corrected chi connectivity index (χ1v) is 5.00. The molecule has 2 rings (SSSR count). The Morgan fingerprint density at radius 1 is 1.67 bits per heavy atom. The van der Waals surface area contributed by atoms with E-state index in [0.717, 1.165) is 15.6 Å². The first kappa shape index (κ1) is 9.97. The SMILES string of the molecule is Cc1c(Br)cn2cnc(NC(=O)O)cc12. The van der Waals surface area contributed by atoms with Crippen molar-refractivity contribution in [1.29, 1.82) is 0 Å². The van der Waals surface area contributed by atoms with E-state index in [9.17, 15) is 4.79 Å². The van der Waals surface area contributed by atoms with Gasteiger partial charge in [0.15, 0.2) is 0 Å². The lowest BCUT2D eigenvalue weighted by atomic mass is 10.3. The number of amides is 1. The second-order valence-corrected chi connectivity index (χ2v) is 3.95. The molecule has 0 atom stereocenters. The normalized spacial score (nSPS) is 10.5. The zero-order chi connectivity index (χ0) is 11.0. The molecule has 0 radical (unpaired) electrons. The molecule has 1 amide bonds. The summed E-state index contributed by atoms with van der Waals surface area (Å²) in [6.45, 7) is 1.95. The number of rotatable bonds is 1. The maximum absolute atomic E-state index is 10.4. The zero-order valence-corrected chi connectivity index (χ0v) is 9.45. The van der Waals surface area contributed by atoms with Gasteiger partial charge in [0.05, 0.1) is 5.52 Å². The zero-order valence-electron chi connectivity index (χ0n) is 7.86. The molecule has 0 aromatic carbocycles. The molecule has 6 heteroatoms. The molecule has 0 saturated carbocycles. The van der Waals surface area contributed by atoms with Gasteiger partial charge in [-0.25, -0.2) is 9.78 Å². The van der Waals surface area contributed by atoms with Crippen LogP contribution in [0.1, 0.15) is 5.56 Å². The number of hydrogen-bond acceptors (Lipinski definition) is 2. The molecule has 2 N–H and O–H groups in total. The van der Waals surface area contributed by atoms with Crippen molar-refractivity contribution in [2.75, 3.05) is 5.32 Å². The molecule has 0 aliphatic carbocycles. The Morgan fingerprint density at radius 2 is 2.40 bits per heavy atom. The number of halogens is 1. The summed E-state index contributed by atoms with van der Waals surface area (Å²) in [4.78, 5) is 14.4. The minimum absolute atomic E-state index is 0.323. The smallest absolute Gasteiger partial charge is 0.410 e. The van der Waals surface area contributed by atoms with Crippen molar-refractivity contribution in [3.05, 3.63) is 28.6 Å². The van der Waals surface area contributed by atoms with Crippen molar-refractivity contribution in [3.63, 3.8) is 0 Å². The summed E-state index contributed by atoms with van der Waals surface area (Å²) < 4.78 is 2.80. The molecule has 15 heavy (non-hydrogen) atoms. The van der Waals surface area contributed by atoms with Crippen LogP contribution in [0.4, 0.5) is 10.6 Å². The Kier molecular flexibility index (Phi) is 2.36. The molecule has 2 aromatic heterocycles. The lowest BCUT2D eigenvalue weighted by Crippen LogP contribution is -2.08. The van der Waals surface area contributed by atoms with Crippen LogP contribution < -0.4 is 5.32 Å². The number of nitrogens with one attached hydrogen (secondary N) is 1. The van der Waals surface area contributed by atoms with Gasteiger partial charge < -0.3 is 9.51 Å². The van der Waals surface area contributed by atoms with Crippen LogP contribution in [0.5, 0.6) is 0 Å². The highest BCUT2D eigenvalue weighted by Gasteiger charge is 2.06. The molecule has 2 heterocycles. The fraction of sp³-hybridized carbons (Fsp3) is 0.111. The second-order valence-electron chi connectivity index (χ2n) is 3.10. The molecular formula is C9H8BrN3O2. The number of hydrogen-bond donors (Lipinski definition) is 2. The lowest BCUT2D eigenvalue weighted by Gasteiger charge is -2.01. The quantitative estimate of drug-likeness (QED) is 0.836. The molecule has 0 aliphatic heterocycles.